The minimum Gasteiger partial charge on any atom is -0.494 e. The number of carbonyl (C=O) groups is 1. The first-order valence-corrected chi connectivity index (χ1v) is 7.15. The van der Waals surface area contributed by atoms with Crippen LogP contribution in [0.3, 0.4) is 0 Å². The smallest absolute Gasteiger partial charge is 0.220 e. The first kappa shape index (κ1) is 14.5. The predicted octanol–water partition coefficient (Wildman–Crippen LogP) is 2.17. The molecule has 0 aliphatic carbocycles. The lowest BCUT2D eigenvalue weighted by Crippen LogP contribution is -2.31. The molecule has 0 bridgehead atoms. The van der Waals surface area contributed by atoms with E-state index in [9.17, 15) is 4.79 Å². The minimum absolute atomic E-state index is 0.130. The summed E-state index contributed by atoms with van der Waals surface area (Å²) >= 11 is 0. The molecule has 1 atom stereocenters. The van der Waals surface area contributed by atoms with Gasteiger partial charge in [-0.2, -0.15) is 0 Å². The predicted molar refractivity (Wildman–Crippen MR) is 78.4 cm³/mol. The Bertz CT molecular complexity index is 462. The van der Waals surface area contributed by atoms with Crippen LogP contribution in [0, 0.1) is 0 Å². The summed E-state index contributed by atoms with van der Waals surface area (Å²) in [5, 5.41) is 6.28. The van der Waals surface area contributed by atoms with Crippen LogP contribution in [0.1, 0.15) is 26.7 Å². The molecule has 0 radical (unpaired) electrons. The van der Waals surface area contributed by atoms with Gasteiger partial charge in [0.05, 0.1) is 18.9 Å². The molecular weight excluding hydrogens is 256 g/mol. The van der Waals surface area contributed by atoms with Gasteiger partial charge in [-0.05, 0) is 32.4 Å². The summed E-state index contributed by atoms with van der Waals surface area (Å²) in [5.41, 5.74) is 0.902. The van der Waals surface area contributed by atoms with E-state index in [4.69, 9.17) is 9.47 Å². The van der Waals surface area contributed by atoms with Gasteiger partial charge in [0, 0.05) is 25.1 Å². The van der Waals surface area contributed by atoms with Crippen molar-refractivity contribution in [2.24, 2.45) is 0 Å². The fourth-order valence-electron chi connectivity index (χ4n) is 2.25. The monoisotopic (exact) mass is 278 g/mol. The van der Waals surface area contributed by atoms with Gasteiger partial charge >= 0.3 is 0 Å². The highest BCUT2D eigenvalue weighted by atomic mass is 16.5. The van der Waals surface area contributed by atoms with Crippen LogP contribution in [0.25, 0.3) is 0 Å². The quantitative estimate of drug-likeness (QED) is 0.802. The molecule has 1 amide bonds. The number of anilines is 1. The van der Waals surface area contributed by atoms with Crippen LogP contribution in [-0.2, 0) is 4.79 Å². The number of hydrogen-bond acceptors (Lipinski definition) is 4. The maximum Gasteiger partial charge on any atom is 0.220 e. The Hall–Kier alpha value is -1.91. The SMILES string of the molecule is CCOc1ccc(OCC)c(NCC2CCC(=O)N2)c1. The van der Waals surface area contributed by atoms with Crippen LogP contribution in [0.2, 0.25) is 0 Å². The molecular formula is C15H22N2O3. The number of amides is 1. The number of carbonyl (C=O) groups excluding carboxylic acids is 1. The van der Waals surface area contributed by atoms with Crippen molar-refractivity contribution in [1.82, 2.24) is 5.32 Å². The highest BCUT2D eigenvalue weighted by Gasteiger charge is 2.20. The molecule has 20 heavy (non-hydrogen) atoms. The van der Waals surface area contributed by atoms with E-state index in [-0.39, 0.29) is 11.9 Å². The Labute approximate surface area is 119 Å². The zero-order valence-corrected chi connectivity index (χ0v) is 12.1. The van der Waals surface area contributed by atoms with Gasteiger partial charge in [0.2, 0.25) is 5.91 Å². The molecule has 1 fully saturated rings. The third kappa shape index (κ3) is 3.79. The normalized spacial score (nSPS) is 17.7. The molecule has 2 N–H and O–H groups in total. The highest BCUT2D eigenvalue weighted by Crippen LogP contribution is 2.29. The summed E-state index contributed by atoms with van der Waals surface area (Å²) in [7, 11) is 0. The Morgan fingerprint density at radius 1 is 1.30 bits per heavy atom. The highest BCUT2D eigenvalue weighted by molar-refractivity contribution is 5.78. The second-order valence-electron chi connectivity index (χ2n) is 4.71. The third-order valence-corrected chi connectivity index (χ3v) is 3.19. The summed E-state index contributed by atoms with van der Waals surface area (Å²) < 4.78 is 11.1. The lowest BCUT2D eigenvalue weighted by Gasteiger charge is -2.16. The standard InChI is InChI=1S/C15H22N2O3/c1-3-19-12-6-7-14(20-4-2)13(9-12)16-10-11-5-8-15(18)17-11/h6-7,9,11,16H,3-5,8,10H2,1-2H3,(H,17,18). The lowest BCUT2D eigenvalue weighted by molar-refractivity contribution is -0.119. The van der Waals surface area contributed by atoms with Crippen LogP contribution in [0.15, 0.2) is 18.2 Å². The van der Waals surface area contributed by atoms with Crippen molar-refractivity contribution < 1.29 is 14.3 Å². The zero-order valence-electron chi connectivity index (χ0n) is 12.1. The molecule has 5 heteroatoms. The molecule has 1 aromatic rings. The van der Waals surface area contributed by atoms with Crippen molar-refractivity contribution in [3.63, 3.8) is 0 Å². The largest absolute Gasteiger partial charge is 0.494 e. The summed E-state index contributed by atoms with van der Waals surface area (Å²) in [6.07, 6.45) is 1.49. The maximum atomic E-state index is 11.2. The molecule has 0 spiro atoms. The Morgan fingerprint density at radius 3 is 2.75 bits per heavy atom. The first-order chi connectivity index (χ1) is 9.72. The van der Waals surface area contributed by atoms with E-state index in [0.29, 0.717) is 26.2 Å². The van der Waals surface area contributed by atoms with E-state index in [1.165, 1.54) is 0 Å². The van der Waals surface area contributed by atoms with Crippen LogP contribution in [-0.4, -0.2) is 31.7 Å². The number of ether oxygens (including phenoxy) is 2. The Balaban J connectivity index is 2.02. The van der Waals surface area contributed by atoms with Gasteiger partial charge in [0.25, 0.3) is 0 Å². The molecule has 0 saturated carbocycles. The lowest BCUT2D eigenvalue weighted by atomic mass is 10.2. The molecule has 1 aromatic carbocycles. The first-order valence-electron chi connectivity index (χ1n) is 7.15. The van der Waals surface area contributed by atoms with Crippen LogP contribution in [0.5, 0.6) is 11.5 Å². The van der Waals surface area contributed by atoms with E-state index in [2.05, 4.69) is 10.6 Å². The van der Waals surface area contributed by atoms with E-state index in [1.54, 1.807) is 0 Å². The van der Waals surface area contributed by atoms with E-state index >= 15 is 0 Å². The number of rotatable bonds is 7. The molecule has 2 rings (SSSR count). The molecule has 1 heterocycles. The van der Waals surface area contributed by atoms with Crippen molar-refractivity contribution in [3.05, 3.63) is 18.2 Å². The van der Waals surface area contributed by atoms with Gasteiger partial charge in [-0.3, -0.25) is 4.79 Å². The summed E-state index contributed by atoms with van der Waals surface area (Å²) in [4.78, 5) is 11.2. The average Bonchev–Trinajstić information content (AvgIpc) is 2.85. The number of benzene rings is 1. The average molecular weight is 278 g/mol. The van der Waals surface area contributed by atoms with Crippen LogP contribution >= 0.6 is 0 Å². The number of hydrogen-bond donors (Lipinski definition) is 2. The van der Waals surface area contributed by atoms with Crippen molar-refractivity contribution in [2.45, 2.75) is 32.7 Å². The van der Waals surface area contributed by atoms with Gasteiger partial charge < -0.3 is 20.1 Å². The summed E-state index contributed by atoms with van der Waals surface area (Å²) in [5.74, 6) is 1.75. The fourth-order valence-corrected chi connectivity index (χ4v) is 2.25. The van der Waals surface area contributed by atoms with Crippen molar-refractivity contribution in [3.8, 4) is 11.5 Å². The Kier molecular flexibility index (Phi) is 5.09. The van der Waals surface area contributed by atoms with E-state index in [1.807, 2.05) is 32.0 Å². The van der Waals surface area contributed by atoms with Gasteiger partial charge in [-0.1, -0.05) is 0 Å². The fraction of sp³-hybridized carbons (Fsp3) is 0.533. The van der Waals surface area contributed by atoms with Crippen LogP contribution in [0.4, 0.5) is 5.69 Å². The maximum absolute atomic E-state index is 11.2. The van der Waals surface area contributed by atoms with Gasteiger partial charge in [0.1, 0.15) is 11.5 Å². The summed E-state index contributed by atoms with van der Waals surface area (Å²) in [6, 6.07) is 5.93. The second kappa shape index (κ2) is 7.03. The van der Waals surface area contributed by atoms with Gasteiger partial charge in [0.15, 0.2) is 0 Å². The third-order valence-electron chi connectivity index (χ3n) is 3.19. The zero-order chi connectivity index (χ0) is 14.4. The van der Waals surface area contributed by atoms with Crippen molar-refractivity contribution in [2.75, 3.05) is 25.1 Å². The topological polar surface area (TPSA) is 59.6 Å². The minimum atomic E-state index is 0.130. The second-order valence-corrected chi connectivity index (χ2v) is 4.71. The van der Waals surface area contributed by atoms with Gasteiger partial charge in [-0.15, -0.1) is 0 Å². The molecule has 1 saturated heterocycles. The molecule has 1 aliphatic heterocycles. The molecule has 0 aromatic heterocycles. The van der Waals surface area contributed by atoms with Crippen molar-refractivity contribution in [1.29, 1.82) is 0 Å². The summed E-state index contributed by atoms with van der Waals surface area (Å²) in [6.45, 7) is 5.85. The van der Waals surface area contributed by atoms with E-state index in [0.717, 1.165) is 23.6 Å². The number of nitrogens with one attached hydrogen (secondary N) is 2. The van der Waals surface area contributed by atoms with Crippen molar-refractivity contribution >= 4 is 11.6 Å². The van der Waals surface area contributed by atoms with Gasteiger partial charge in [-0.25, -0.2) is 0 Å². The van der Waals surface area contributed by atoms with E-state index < -0.39 is 0 Å². The molecule has 110 valence electrons. The molecule has 5 nitrogen and oxygen atoms in total. The molecule has 1 aliphatic rings. The molecule has 1 unspecified atom stereocenters. The van der Waals surface area contributed by atoms with Crippen LogP contribution < -0.4 is 20.1 Å². The Morgan fingerprint density at radius 2 is 2.10 bits per heavy atom.